The Hall–Kier alpha value is -0.990. The van der Waals surface area contributed by atoms with Crippen LogP contribution in [0.4, 0.5) is 5.95 Å². The van der Waals surface area contributed by atoms with Crippen LogP contribution in [0.3, 0.4) is 0 Å². The zero-order valence-electron chi connectivity index (χ0n) is 9.03. The van der Waals surface area contributed by atoms with Crippen molar-refractivity contribution in [2.45, 2.75) is 39.2 Å². The van der Waals surface area contributed by atoms with Crippen molar-refractivity contribution in [1.82, 2.24) is 9.55 Å². The van der Waals surface area contributed by atoms with Crippen LogP contribution in [0.15, 0.2) is 12.4 Å². The van der Waals surface area contributed by atoms with Gasteiger partial charge in [-0.2, -0.15) is 0 Å². The molecule has 1 aliphatic rings. The fraction of sp³-hybridized carbons (Fsp3) is 0.727. The molecule has 0 saturated heterocycles. The summed E-state index contributed by atoms with van der Waals surface area (Å²) < 4.78 is 2.18. The standard InChI is InChI=1S/C11H19N3/c1-9(2)14-7-6-12-11(14)13-8-10-4-3-5-10/h6-7,9-10H,3-5,8H2,1-2H3,(H,12,13). The largest absolute Gasteiger partial charge is 0.355 e. The molecule has 14 heavy (non-hydrogen) atoms. The van der Waals surface area contributed by atoms with Crippen molar-refractivity contribution in [2.75, 3.05) is 11.9 Å². The van der Waals surface area contributed by atoms with Gasteiger partial charge in [0.1, 0.15) is 0 Å². The van der Waals surface area contributed by atoms with Gasteiger partial charge in [-0.15, -0.1) is 0 Å². The van der Waals surface area contributed by atoms with E-state index in [1.54, 1.807) is 0 Å². The van der Waals surface area contributed by atoms with Crippen LogP contribution in [0, 0.1) is 5.92 Å². The molecule has 1 heterocycles. The molecule has 1 aromatic rings. The molecule has 1 aliphatic carbocycles. The first-order valence-corrected chi connectivity index (χ1v) is 5.54. The molecule has 0 atom stereocenters. The molecule has 2 rings (SSSR count). The predicted molar refractivity (Wildman–Crippen MR) is 58.4 cm³/mol. The number of hydrogen-bond acceptors (Lipinski definition) is 2. The Balaban J connectivity index is 1.90. The lowest BCUT2D eigenvalue weighted by molar-refractivity contribution is 0.332. The predicted octanol–water partition coefficient (Wildman–Crippen LogP) is 2.68. The Labute approximate surface area is 85.5 Å². The van der Waals surface area contributed by atoms with Crippen LogP contribution in [0.2, 0.25) is 0 Å². The maximum absolute atomic E-state index is 4.32. The smallest absolute Gasteiger partial charge is 0.203 e. The second kappa shape index (κ2) is 4.03. The van der Waals surface area contributed by atoms with E-state index >= 15 is 0 Å². The Bertz CT molecular complexity index is 286. The van der Waals surface area contributed by atoms with E-state index < -0.39 is 0 Å². The van der Waals surface area contributed by atoms with Gasteiger partial charge in [0, 0.05) is 25.0 Å². The Morgan fingerprint density at radius 1 is 1.57 bits per heavy atom. The van der Waals surface area contributed by atoms with Crippen molar-refractivity contribution in [2.24, 2.45) is 5.92 Å². The van der Waals surface area contributed by atoms with Crippen molar-refractivity contribution >= 4 is 5.95 Å². The molecule has 1 aromatic heterocycles. The molecule has 1 fully saturated rings. The SMILES string of the molecule is CC(C)n1ccnc1NCC1CCC1. The quantitative estimate of drug-likeness (QED) is 0.796. The maximum atomic E-state index is 4.32. The molecule has 0 spiro atoms. The molecule has 3 nitrogen and oxygen atoms in total. The highest BCUT2D eigenvalue weighted by molar-refractivity contribution is 5.26. The van der Waals surface area contributed by atoms with E-state index in [-0.39, 0.29) is 0 Å². The third kappa shape index (κ3) is 1.91. The molecule has 0 bridgehead atoms. The minimum absolute atomic E-state index is 0.487. The molecule has 0 radical (unpaired) electrons. The number of rotatable bonds is 4. The topological polar surface area (TPSA) is 29.9 Å². The van der Waals surface area contributed by atoms with Crippen LogP contribution in [-0.4, -0.2) is 16.1 Å². The average Bonchev–Trinajstić information content (AvgIpc) is 2.49. The summed E-state index contributed by atoms with van der Waals surface area (Å²) in [6.07, 6.45) is 8.08. The third-order valence-electron chi connectivity index (χ3n) is 3.00. The van der Waals surface area contributed by atoms with Gasteiger partial charge in [0.05, 0.1) is 0 Å². The van der Waals surface area contributed by atoms with Crippen LogP contribution in [0.1, 0.15) is 39.2 Å². The Morgan fingerprint density at radius 3 is 2.93 bits per heavy atom. The lowest BCUT2D eigenvalue weighted by Crippen LogP contribution is -2.22. The van der Waals surface area contributed by atoms with Gasteiger partial charge in [-0.25, -0.2) is 4.98 Å². The van der Waals surface area contributed by atoms with Crippen LogP contribution >= 0.6 is 0 Å². The van der Waals surface area contributed by atoms with E-state index in [4.69, 9.17) is 0 Å². The Kier molecular flexibility index (Phi) is 2.75. The van der Waals surface area contributed by atoms with E-state index in [1.807, 2.05) is 12.4 Å². The van der Waals surface area contributed by atoms with Crippen LogP contribution in [0.25, 0.3) is 0 Å². The van der Waals surface area contributed by atoms with Crippen molar-refractivity contribution in [3.63, 3.8) is 0 Å². The normalized spacial score (nSPS) is 17.1. The van der Waals surface area contributed by atoms with Gasteiger partial charge in [-0.3, -0.25) is 0 Å². The summed E-state index contributed by atoms with van der Waals surface area (Å²) in [5.74, 6) is 1.90. The molecule has 0 aliphatic heterocycles. The van der Waals surface area contributed by atoms with Gasteiger partial charge >= 0.3 is 0 Å². The van der Waals surface area contributed by atoms with Gasteiger partial charge in [-0.1, -0.05) is 6.42 Å². The average molecular weight is 193 g/mol. The molecular weight excluding hydrogens is 174 g/mol. The number of anilines is 1. The van der Waals surface area contributed by atoms with Crippen molar-refractivity contribution in [3.8, 4) is 0 Å². The number of nitrogens with zero attached hydrogens (tertiary/aromatic N) is 2. The second-order valence-electron chi connectivity index (χ2n) is 4.43. The molecular formula is C11H19N3. The zero-order valence-corrected chi connectivity index (χ0v) is 9.03. The van der Waals surface area contributed by atoms with Crippen molar-refractivity contribution in [1.29, 1.82) is 0 Å². The number of nitrogens with one attached hydrogen (secondary N) is 1. The number of aromatic nitrogens is 2. The molecule has 1 N–H and O–H groups in total. The minimum Gasteiger partial charge on any atom is -0.355 e. The van der Waals surface area contributed by atoms with Crippen LogP contribution < -0.4 is 5.32 Å². The lowest BCUT2D eigenvalue weighted by Gasteiger charge is -2.26. The van der Waals surface area contributed by atoms with E-state index in [0.717, 1.165) is 18.4 Å². The fourth-order valence-corrected chi connectivity index (χ4v) is 1.80. The summed E-state index contributed by atoms with van der Waals surface area (Å²) in [5.41, 5.74) is 0. The maximum Gasteiger partial charge on any atom is 0.203 e. The van der Waals surface area contributed by atoms with Gasteiger partial charge in [0.25, 0.3) is 0 Å². The van der Waals surface area contributed by atoms with E-state index in [1.165, 1.54) is 19.3 Å². The summed E-state index contributed by atoms with van der Waals surface area (Å²) >= 11 is 0. The van der Waals surface area contributed by atoms with Gasteiger partial charge in [-0.05, 0) is 32.6 Å². The zero-order chi connectivity index (χ0) is 9.97. The first kappa shape index (κ1) is 9.56. The Morgan fingerprint density at radius 2 is 2.36 bits per heavy atom. The molecule has 0 unspecified atom stereocenters. The third-order valence-corrected chi connectivity index (χ3v) is 3.00. The molecule has 3 heteroatoms. The molecule has 0 amide bonds. The first-order chi connectivity index (χ1) is 6.77. The molecule has 1 saturated carbocycles. The summed E-state index contributed by atoms with van der Waals surface area (Å²) in [5, 5.41) is 3.43. The van der Waals surface area contributed by atoms with Crippen molar-refractivity contribution < 1.29 is 0 Å². The highest BCUT2D eigenvalue weighted by Gasteiger charge is 2.17. The monoisotopic (exact) mass is 193 g/mol. The summed E-state index contributed by atoms with van der Waals surface area (Å²) in [6, 6.07) is 0.487. The summed E-state index contributed by atoms with van der Waals surface area (Å²) in [4.78, 5) is 4.32. The van der Waals surface area contributed by atoms with E-state index in [9.17, 15) is 0 Å². The summed E-state index contributed by atoms with van der Waals surface area (Å²) in [6.45, 7) is 5.44. The van der Waals surface area contributed by atoms with Gasteiger partial charge in [0.2, 0.25) is 5.95 Å². The van der Waals surface area contributed by atoms with Gasteiger partial charge < -0.3 is 9.88 Å². The molecule has 78 valence electrons. The summed E-state index contributed by atoms with van der Waals surface area (Å²) in [7, 11) is 0. The highest BCUT2D eigenvalue weighted by Crippen LogP contribution is 2.26. The van der Waals surface area contributed by atoms with E-state index in [2.05, 4.69) is 28.7 Å². The van der Waals surface area contributed by atoms with Gasteiger partial charge in [0.15, 0.2) is 0 Å². The second-order valence-corrected chi connectivity index (χ2v) is 4.43. The lowest BCUT2D eigenvalue weighted by atomic mass is 9.85. The van der Waals surface area contributed by atoms with Crippen LogP contribution in [0.5, 0.6) is 0 Å². The molecule has 0 aromatic carbocycles. The van der Waals surface area contributed by atoms with E-state index in [0.29, 0.717) is 6.04 Å². The highest BCUT2D eigenvalue weighted by atomic mass is 15.2. The minimum atomic E-state index is 0.487. The van der Waals surface area contributed by atoms with Crippen LogP contribution in [-0.2, 0) is 0 Å². The fourth-order valence-electron chi connectivity index (χ4n) is 1.80. The number of imidazole rings is 1. The van der Waals surface area contributed by atoms with Crippen molar-refractivity contribution in [3.05, 3.63) is 12.4 Å². The number of hydrogen-bond donors (Lipinski definition) is 1. The first-order valence-electron chi connectivity index (χ1n) is 5.54.